The molecule has 0 bridgehead atoms. The summed E-state index contributed by atoms with van der Waals surface area (Å²) in [5.74, 6) is 1.97. The first-order chi connectivity index (χ1) is 16.5. The van der Waals surface area contributed by atoms with Gasteiger partial charge in [0.2, 0.25) is 5.75 Å². The maximum absolute atomic E-state index is 13.9. The average molecular weight is 477 g/mol. The molecule has 0 fully saturated rings. The SMILES string of the molecule is COc1cc(-c2nc3sc4c(c3c(=O)n2Cc2ccccc2)CCCC4=O)cc(OC)c1OC. The predicted molar refractivity (Wildman–Crippen MR) is 132 cm³/mol. The van der Waals surface area contributed by atoms with Gasteiger partial charge >= 0.3 is 0 Å². The third-order valence-corrected chi connectivity index (χ3v) is 7.27. The van der Waals surface area contributed by atoms with Gasteiger partial charge in [-0.2, -0.15) is 0 Å². The van der Waals surface area contributed by atoms with E-state index < -0.39 is 0 Å². The monoisotopic (exact) mass is 476 g/mol. The maximum Gasteiger partial charge on any atom is 0.263 e. The van der Waals surface area contributed by atoms with Crippen LogP contribution in [0.1, 0.15) is 33.6 Å². The number of ketones is 1. The van der Waals surface area contributed by atoms with E-state index >= 15 is 0 Å². The number of methoxy groups -OCH3 is 3. The van der Waals surface area contributed by atoms with E-state index in [1.807, 2.05) is 30.3 Å². The van der Waals surface area contributed by atoms with Gasteiger partial charge in [0.15, 0.2) is 17.3 Å². The second-order valence-electron chi connectivity index (χ2n) is 8.09. The van der Waals surface area contributed by atoms with E-state index in [0.717, 1.165) is 17.5 Å². The maximum atomic E-state index is 13.9. The second kappa shape index (κ2) is 8.95. The number of benzene rings is 2. The molecule has 0 aliphatic heterocycles. The Morgan fingerprint density at radius 2 is 1.68 bits per heavy atom. The summed E-state index contributed by atoms with van der Waals surface area (Å²) in [6.45, 7) is 0.340. The van der Waals surface area contributed by atoms with Crippen LogP contribution in [-0.4, -0.2) is 36.7 Å². The highest BCUT2D eigenvalue weighted by Crippen LogP contribution is 2.41. The molecule has 0 radical (unpaired) electrons. The second-order valence-corrected chi connectivity index (χ2v) is 9.09. The first-order valence-electron chi connectivity index (χ1n) is 11.0. The Morgan fingerprint density at radius 3 is 2.32 bits per heavy atom. The van der Waals surface area contributed by atoms with E-state index in [1.54, 1.807) is 38.0 Å². The number of hydrogen-bond donors (Lipinski definition) is 0. The van der Waals surface area contributed by atoms with Crippen LogP contribution in [0.5, 0.6) is 17.2 Å². The van der Waals surface area contributed by atoms with Crippen molar-refractivity contribution in [1.82, 2.24) is 9.55 Å². The highest BCUT2D eigenvalue weighted by molar-refractivity contribution is 7.20. The quantitative estimate of drug-likeness (QED) is 0.401. The number of Topliss-reactive ketones (excluding diaryl/α,β-unsaturated/α-hetero) is 1. The minimum absolute atomic E-state index is 0.0904. The summed E-state index contributed by atoms with van der Waals surface area (Å²) < 4.78 is 18.2. The Labute approximate surface area is 200 Å². The van der Waals surface area contributed by atoms with Crippen LogP contribution in [0.15, 0.2) is 47.3 Å². The van der Waals surface area contributed by atoms with Crippen molar-refractivity contribution in [1.29, 1.82) is 0 Å². The summed E-state index contributed by atoms with van der Waals surface area (Å²) in [6.07, 6.45) is 1.98. The minimum Gasteiger partial charge on any atom is -0.493 e. The molecular weight excluding hydrogens is 452 g/mol. The molecule has 5 rings (SSSR count). The highest BCUT2D eigenvalue weighted by Gasteiger charge is 2.27. The molecule has 2 heterocycles. The number of aromatic nitrogens is 2. The first kappa shape index (κ1) is 22.2. The largest absolute Gasteiger partial charge is 0.493 e. The molecule has 8 heteroatoms. The lowest BCUT2D eigenvalue weighted by Crippen LogP contribution is -2.24. The number of rotatable bonds is 6. The van der Waals surface area contributed by atoms with Gasteiger partial charge in [0.05, 0.1) is 38.1 Å². The Morgan fingerprint density at radius 1 is 0.971 bits per heavy atom. The van der Waals surface area contributed by atoms with Gasteiger partial charge in [-0.1, -0.05) is 30.3 Å². The molecule has 1 aliphatic carbocycles. The zero-order valence-electron chi connectivity index (χ0n) is 19.2. The van der Waals surface area contributed by atoms with E-state index in [4.69, 9.17) is 19.2 Å². The fourth-order valence-corrected chi connectivity index (χ4v) is 5.67. The normalized spacial score (nSPS) is 13.1. The summed E-state index contributed by atoms with van der Waals surface area (Å²) in [5.41, 5.74) is 2.32. The zero-order chi connectivity index (χ0) is 23.8. The molecule has 0 atom stereocenters. The number of fused-ring (bicyclic) bond motifs is 3. The van der Waals surface area contributed by atoms with Gasteiger partial charge in [-0.25, -0.2) is 4.98 Å². The molecule has 0 saturated carbocycles. The molecule has 4 aromatic rings. The number of thiophene rings is 1. The number of hydrogen-bond acceptors (Lipinski definition) is 7. The lowest BCUT2D eigenvalue weighted by atomic mass is 9.96. The van der Waals surface area contributed by atoms with Crippen molar-refractivity contribution in [3.05, 3.63) is 68.8 Å². The van der Waals surface area contributed by atoms with Crippen LogP contribution in [0, 0.1) is 0 Å². The summed E-state index contributed by atoms with van der Waals surface area (Å²) in [7, 11) is 4.64. The van der Waals surface area contributed by atoms with E-state index in [-0.39, 0.29) is 11.3 Å². The van der Waals surface area contributed by atoms with Crippen molar-refractivity contribution in [3.8, 4) is 28.6 Å². The first-order valence-corrected chi connectivity index (χ1v) is 11.8. The predicted octanol–water partition coefficient (Wildman–Crippen LogP) is 4.72. The summed E-state index contributed by atoms with van der Waals surface area (Å²) in [5, 5.41) is 0.556. The third-order valence-electron chi connectivity index (χ3n) is 6.10. The molecule has 7 nitrogen and oxygen atoms in total. The summed E-state index contributed by atoms with van der Waals surface area (Å²) >= 11 is 1.31. The molecule has 2 aromatic carbocycles. The highest BCUT2D eigenvalue weighted by atomic mass is 32.1. The van der Waals surface area contributed by atoms with E-state index in [1.165, 1.54) is 11.3 Å². The van der Waals surface area contributed by atoms with Crippen LogP contribution < -0.4 is 19.8 Å². The average Bonchev–Trinajstić information content (AvgIpc) is 3.25. The van der Waals surface area contributed by atoms with Crippen molar-refractivity contribution < 1.29 is 19.0 Å². The molecule has 1 aliphatic rings. The molecule has 0 saturated heterocycles. The zero-order valence-corrected chi connectivity index (χ0v) is 20.0. The van der Waals surface area contributed by atoms with Crippen molar-refractivity contribution in [2.75, 3.05) is 21.3 Å². The van der Waals surface area contributed by atoms with Crippen LogP contribution in [0.3, 0.4) is 0 Å². The van der Waals surface area contributed by atoms with Gasteiger partial charge in [-0.3, -0.25) is 14.2 Å². The number of nitrogens with zero attached hydrogens (tertiary/aromatic N) is 2. The molecule has 34 heavy (non-hydrogen) atoms. The third kappa shape index (κ3) is 3.64. The van der Waals surface area contributed by atoms with Crippen molar-refractivity contribution >= 4 is 27.3 Å². The van der Waals surface area contributed by atoms with Crippen LogP contribution in [0.2, 0.25) is 0 Å². The minimum atomic E-state index is -0.148. The van der Waals surface area contributed by atoms with Gasteiger partial charge in [-0.15, -0.1) is 11.3 Å². The molecule has 174 valence electrons. The molecule has 0 amide bonds. The molecule has 0 spiro atoms. The van der Waals surface area contributed by atoms with Gasteiger partial charge in [0.1, 0.15) is 10.7 Å². The Hall–Kier alpha value is -3.65. The Kier molecular flexibility index (Phi) is 5.83. The van der Waals surface area contributed by atoms with Gasteiger partial charge < -0.3 is 14.2 Å². The van der Waals surface area contributed by atoms with Gasteiger partial charge in [0, 0.05) is 12.0 Å². The van der Waals surface area contributed by atoms with Crippen molar-refractivity contribution in [2.24, 2.45) is 0 Å². The van der Waals surface area contributed by atoms with E-state index in [2.05, 4.69) is 0 Å². The number of ether oxygens (including phenoxy) is 3. The number of carbonyl (C=O) groups is 1. The Balaban J connectivity index is 1.81. The van der Waals surface area contributed by atoms with Crippen LogP contribution in [-0.2, 0) is 13.0 Å². The van der Waals surface area contributed by atoms with Crippen LogP contribution in [0.4, 0.5) is 0 Å². The van der Waals surface area contributed by atoms with Crippen LogP contribution >= 0.6 is 11.3 Å². The van der Waals surface area contributed by atoms with Gasteiger partial charge in [0.25, 0.3) is 5.56 Å². The van der Waals surface area contributed by atoms with E-state index in [9.17, 15) is 9.59 Å². The molecule has 0 N–H and O–H groups in total. The molecule has 2 aromatic heterocycles. The van der Waals surface area contributed by atoms with Gasteiger partial charge in [-0.05, 0) is 36.1 Å². The number of carbonyl (C=O) groups excluding carboxylic acids is 1. The Bertz CT molecular complexity index is 1430. The van der Waals surface area contributed by atoms with Crippen molar-refractivity contribution in [3.63, 3.8) is 0 Å². The van der Waals surface area contributed by atoms with Crippen LogP contribution in [0.25, 0.3) is 21.6 Å². The fraction of sp³-hybridized carbons (Fsp3) is 0.269. The lowest BCUT2D eigenvalue weighted by Gasteiger charge is -2.17. The molecule has 0 unspecified atom stereocenters. The molecular formula is C26H24N2O5S. The number of aryl methyl sites for hydroxylation is 1. The summed E-state index contributed by atoms with van der Waals surface area (Å²) in [6, 6.07) is 13.3. The topological polar surface area (TPSA) is 79.7 Å². The smallest absolute Gasteiger partial charge is 0.263 e. The standard InChI is InChI=1S/C26H24N2O5S/c1-31-19-12-16(13-20(32-2)22(19)33-3)24-27-25-21(17-10-7-11-18(29)23(17)34-25)26(30)28(24)14-15-8-5-4-6-9-15/h4-6,8-9,12-13H,7,10-11,14H2,1-3H3. The lowest BCUT2D eigenvalue weighted by molar-refractivity contribution is 0.0977. The van der Waals surface area contributed by atoms with Crippen molar-refractivity contribution in [2.45, 2.75) is 25.8 Å². The summed E-state index contributed by atoms with van der Waals surface area (Å²) in [4.78, 5) is 32.7. The fourth-order valence-electron chi connectivity index (χ4n) is 4.49. The van der Waals surface area contributed by atoms with E-state index in [0.29, 0.717) is 63.1 Å².